The summed E-state index contributed by atoms with van der Waals surface area (Å²) in [7, 11) is 0. The molecule has 0 radical (unpaired) electrons. The molecule has 0 atom stereocenters. The van der Waals surface area contributed by atoms with Gasteiger partial charge in [-0.15, -0.1) is 41.2 Å². The first-order chi connectivity index (χ1) is 33.8. The zero-order chi connectivity index (χ0) is 51.4. The molecule has 0 aliphatic rings. The first-order valence-corrected chi connectivity index (χ1v) is 25.6. The van der Waals surface area contributed by atoms with Crippen LogP contribution < -0.4 is 0 Å². The standard InChI is InChI=1S/C64H61F3N3OS.Pt/c1-60(2,3)35-37-24-27-45-40(30-37)25-28-46-53-50(64(65,66)67)36-68-54(58(53)72-57(45)46)41-21-16-20-39(31-41)44-22-17-23-52-55(44)69-59(48-33-43(62(7,8)9)34-49(56(48)71)63(10,11)12)70(52)51-29-26-42(61(4,5)6)32-47(51)38-18-14-13-15-19-38;/h13-30,32-34,36,71H,35H2,1-12H3;/q-1;. The molecule has 0 aliphatic heterocycles. The summed E-state index contributed by atoms with van der Waals surface area (Å²) in [6.07, 6.45) is -2.76. The van der Waals surface area contributed by atoms with E-state index >= 15 is 13.2 Å². The van der Waals surface area contributed by atoms with Crippen LogP contribution in [-0.4, -0.2) is 19.6 Å². The molecule has 0 saturated carbocycles. The zero-order valence-electron chi connectivity index (χ0n) is 43.6. The fourth-order valence-corrected chi connectivity index (χ4v) is 11.5. The fraction of sp³-hybridized carbons (Fsp3) is 0.281. The topological polar surface area (TPSA) is 50.9 Å². The number of benzene rings is 7. The van der Waals surface area contributed by atoms with E-state index in [0.29, 0.717) is 43.8 Å². The average molecular weight is 1170 g/mol. The van der Waals surface area contributed by atoms with Crippen molar-refractivity contribution in [2.45, 2.75) is 112 Å². The molecule has 0 fully saturated rings. The number of aromatic nitrogens is 3. The quantitative estimate of drug-likeness (QED) is 0.169. The maximum Gasteiger partial charge on any atom is 0.418 e. The summed E-state index contributed by atoms with van der Waals surface area (Å²) in [6.45, 7) is 26.1. The first kappa shape index (κ1) is 51.8. The van der Waals surface area contributed by atoms with Crippen molar-refractivity contribution < 1.29 is 39.3 Å². The summed E-state index contributed by atoms with van der Waals surface area (Å²) >= 11 is 1.35. The van der Waals surface area contributed by atoms with Crippen LogP contribution >= 0.6 is 11.3 Å². The third-order valence-electron chi connectivity index (χ3n) is 13.8. The van der Waals surface area contributed by atoms with Gasteiger partial charge in [-0.25, -0.2) is 4.98 Å². The maximum absolute atomic E-state index is 15.0. The van der Waals surface area contributed by atoms with Crippen molar-refractivity contribution in [3.8, 4) is 56.3 Å². The molecule has 7 aromatic carbocycles. The number of nitrogens with zero attached hydrogens (tertiary/aromatic N) is 3. The Kier molecular flexibility index (Phi) is 13.0. The third-order valence-corrected chi connectivity index (χ3v) is 15.1. The van der Waals surface area contributed by atoms with E-state index in [9.17, 15) is 5.11 Å². The minimum absolute atomic E-state index is 0. The van der Waals surface area contributed by atoms with Crippen LogP contribution in [0.2, 0.25) is 0 Å². The van der Waals surface area contributed by atoms with Gasteiger partial charge in [-0.1, -0.05) is 179 Å². The Morgan fingerprint density at radius 3 is 1.95 bits per heavy atom. The summed E-state index contributed by atoms with van der Waals surface area (Å²) in [5, 5.41) is 15.1. The minimum Gasteiger partial charge on any atom is -0.507 e. The molecule has 0 aliphatic carbocycles. The van der Waals surface area contributed by atoms with Gasteiger partial charge >= 0.3 is 6.18 Å². The summed E-state index contributed by atoms with van der Waals surface area (Å²) < 4.78 is 48.5. The Hall–Kier alpha value is -6.08. The number of halogens is 3. The van der Waals surface area contributed by atoms with Gasteiger partial charge in [0.05, 0.1) is 27.8 Å². The smallest absolute Gasteiger partial charge is 0.418 e. The van der Waals surface area contributed by atoms with Gasteiger partial charge in [0.2, 0.25) is 0 Å². The van der Waals surface area contributed by atoms with E-state index in [2.05, 4.69) is 178 Å². The number of thiophene rings is 1. The monoisotopic (exact) mass is 1170 g/mol. The fourth-order valence-electron chi connectivity index (χ4n) is 10.1. The van der Waals surface area contributed by atoms with E-state index < -0.39 is 17.2 Å². The number of pyridine rings is 1. The number of phenols is 1. The van der Waals surface area contributed by atoms with E-state index in [1.54, 1.807) is 0 Å². The van der Waals surface area contributed by atoms with Gasteiger partial charge in [-0.2, -0.15) is 13.2 Å². The number of phenolic OH excluding ortho intramolecular Hbond substituents is 1. The van der Waals surface area contributed by atoms with Crippen molar-refractivity contribution in [3.05, 3.63) is 167 Å². The molecule has 376 valence electrons. The van der Waals surface area contributed by atoms with E-state index in [0.717, 1.165) is 67.1 Å². The van der Waals surface area contributed by atoms with Crippen LogP contribution in [0.15, 0.2) is 134 Å². The van der Waals surface area contributed by atoms with Crippen LogP contribution in [-0.2, 0) is 49.9 Å². The number of hydrogen-bond donors (Lipinski definition) is 1. The summed E-state index contributed by atoms with van der Waals surface area (Å²) in [4.78, 5) is 10.2. The minimum atomic E-state index is -4.62. The van der Waals surface area contributed by atoms with Gasteiger partial charge in [-0.05, 0) is 85.4 Å². The number of imidazole rings is 1. The summed E-state index contributed by atoms with van der Waals surface area (Å²) in [5.41, 5.74) is 10.4. The number of hydrogen-bond acceptors (Lipinski definition) is 4. The SMILES string of the molecule is CC(C)(C)Cc1ccc2c(ccc3c2sc2c(-c4[c-]c(-c5cccc6c5nc(-c5cc(C(C)(C)C)cc(C(C)(C)C)c5O)n6-c5ccc(C(C)(C)C)cc5-c5ccccc5)ccc4)ncc(C(F)(F)F)c23)c1.[Pt]. The van der Waals surface area contributed by atoms with Crippen LogP contribution in [0.3, 0.4) is 0 Å². The van der Waals surface area contributed by atoms with Gasteiger partial charge in [0, 0.05) is 64.3 Å². The normalized spacial score (nSPS) is 12.9. The molecular weight excluding hydrogens is 1110 g/mol. The van der Waals surface area contributed by atoms with E-state index in [1.807, 2.05) is 48.5 Å². The molecule has 10 rings (SSSR count). The van der Waals surface area contributed by atoms with Crippen LogP contribution in [0, 0.1) is 11.5 Å². The van der Waals surface area contributed by atoms with Gasteiger partial charge < -0.3 is 5.11 Å². The van der Waals surface area contributed by atoms with Gasteiger partial charge in [0.15, 0.2) is 0 Å². The molecule has 73 heavy (non-hydrogen) atoms. The number of alkyl halides is 3. The van der Waals surface area contributed by atoms with Crippen LogP contribution in [0.25, 0.3) is 92.6 Å². The van der Waals surface area contributed by atoms with Crippen LogP contribution in [0.4, 0.5) is 13.2 Å². The molecule has 0 amide bonds. The Balaban J connectivity index is 0.00000656. The molecule has 0 bridgehead atoms. The van der Waals surface area contributed by atoms with Crippen LogP contribution in [0.1, 0.15) is 111 Å². The Morgan fingerprint density at radius 2 is 1.27 bits per heavy atom. The first-order valence-electron chi connectivity index (χ1n) is 24.7. The van der Waals surface area contributed by atoms with Gasteiger partial charge in [-0.3, -0.25) is 9.55 Å². The zero-order valence-corrected chi connectivity index (χ0v) is 46.6. The van der Waals surface area contributed by atoms with Crippen molar-refractivity contribution in [1.29, 1.82) is 0 Å². The van der Waals surface area contributed by atoms with E-state index in [-0.39, 0.29) is 48.4 Å². The number of rotatable bonds is 6. The van der Waals surface area contributed by atoms with Crippen molar-refractivity contribution in [3.63, 3.8) is 0 Å². The molecule has 3 aromatic heterocycles. The molecule has 3 heterocycles. The number of aromatic hydroxyl groups is 1. The second-order valence-corrected chi connectivity index (χ2v) is 24.8. The van der Waals surface area contributed by atoms with Gasteiger partial charge in [0.1, 0.15) is 11.6 Å². The third kappa shape index (κ3) is 9.67. The Morgan fingerprint density at radius 1 is 0.603 bits per heavy atom. The van der Waals surface area contributed by atoms with Crippen molar-refractivity contribution in [2.75, 3.05) is 0 Å². The predicted octanol–water partition coefficient (Wildman–Crippen LogP) is 18.6. The van der Waals surface area contributed by atoms with Gasteiger partial charge in [0.25, 0.3) is 0 Å². The molecule has 0 unspecified atom stereocenters. The van der Waals surface area contributed by atoms with Crippen molar-refractivity contribution >= 4 is 53.3 Å². The summed E-state index contributed by atoms with van der Waals surface area (Å²) in [6, 6.07) is 46.8. The molecule has 10 aromatic rings. The van der Waals surface area contributed by atoms with E-state index in [1.165, 1.54) is 22.5 Å². The Labute approximate surface area is 445 Å². The van der Waals surface area contributed by atoms with E-state index in [4.69, 9.17) is 4.98 Å². The van der Waals surface area contributed by atoms with Crippen molar-refractivity contribution in [2.24, 2.45) is 5.41 Å². The molecule has 0 saturated heterocycles. The number of fused-ring (bicyclic) bond motifs is 6. The molecular formula is C64H61F3N3OPtS-. The Bertz CT molecular complexity index is 3760. The molecule has 0 spiro atoms. The second-order valence-electron chi connectivity index (χ2n) is 23.7. The van der Waals surface area contributed by atoms with Crippen molar-refractivity contribution in [1.82, 2.24) is 14.5 Å². The maximum atomic E-state index is 15.0. The average Bonchev–Trinajstić information content (AvgIpc) is 3.89. The largest absolute Gasteiger partial charge is 0.507 e. The molecule has 1 N–H and O–H groups in total. The second kappa shape index (κ2) is 18.4. The molecule has 9 heteroatoms. The summed E-state index contributed by atoms with van der Waals surface area (Å²) in [5.74, 6) is 0.756. The molecule has 4 nitrogen and oxygen atoms in total. The van der Waals surface area contributed by atoms with Crippen LogP contribution in [0.5, 0.6) is 5.75 Å². The number of para-hydroxylation sites is 1. The predicted molar refractivity (Wildman–Crippen MR) is 296 cm³/mol.